The molecule has 0 saturated heterocycles. The molecule has 0 unspecified atom stereocenters. The van der Waals surface area contributed by atoms with E-state index >= 15 is 0 Å². The Kier molecular flexibility index (Phi) is 3.91. The normalized spacial score (nSPS) is 10.1. The van der Waals surface area contributed by atoms with E-state index in [0.29, 0.717) is 10.8 Å². The van der Waals surface area contributed by atoms with Crippen LogP contribution in [-0.2, 0) is 0 Å². The lowest BCUT2D eigenvalue weighted by molar-refractivity contribution is -0.385. The van der Waals surface area contributed by atoms with Crippen LogP contribution in [0.4, 0.5) is 16.5 Å². The molecule has 0 bridgehead atoms. The number of aryl methyl sites for hydroxylation is 1. The smallest absolute Gasteiger partial charge is 0.282 e. The van der Waals surface area contributed by atoms with Gasteiger partial charge in [0.05, 0.1) is 10.6 Å². The molecular formula is C11H11N5O3S. The number of nitrogens with one attached hydrogen (secondary N) is 2. The zero-order chi connectivity index (χ0) is 14.7. The summed E-state index contributed by atoms with van der Waals surface area (Å²) >= 11 is 1.24. The third-order valence-electron chi connectivity index (χ3n) is 2.44. The summed E-state index contributed by atoms with van der Waals surface area (Å²) in [5.74, 6) is 4.63. The average Bonchev–Trinajstić information content (AvgIpc) is 2.83. The maximum atomic E-state index is 12.1. The van der Waals surface area contributed by atoms with Crippen LogP contribution in [0.25, 0.3) is 0 Å². The van der Waals surface area contributed by atoms with Crippen molar-refractivity contribution in [2.24, 2.45) is 5.84 Å². The number of hydrogen-bond donors (Lipinski definition) is 3. The Morgan fingerprint density at radius 1 is 1.50 bits per heavy atom. The molecular weight excluding hydrogens is 282 g/mol. The van der Waals surface area contributed by atoms with Gasteiger partial charge >= 0.3 is 0 Å². The van der Waals surface area contributed by atoms with Crippen LogP contribution < -0.4 is 16.6 Å². The second kappa shape index (κ2) is 5.63. The minimum absolute atomic E-state index is 0.0849. The number of nitrogens with zero attached hydrogens (tertiary/aromatic N) is 2. The van der Waals surface area contributed by atoms with Crippen LogP contribution in [0.15, 0.2) is 23.6 Å². The Balaban J connectivity index is 2.34. The summed E-state index contributed by atoms with van der Waals surface area (Å²) in [5, 5.41) is 15.6. The predicted molar refractivity (Wildman–Crippen MR) is 75.7 cm³/mol. The van der Waals surface area contributed by atoms with Gasteiger partial charge in [-0.2, -0.15) is 0 Å². The van der Waals surface area contributed by atoms with Gasteiger partial charge in [0.15, 0.2) is 5.13 Å². The van der Waals surface area contributed by atoms with Crippen LogP contribution in [0.1, 0.15) is 16.1 Å². The van der Waals surface area contributed by atoms with Gasteiger partial charge in [0.25, 0.3) is 11.6 Å². The molecule has 2 aromatic rings. The van der Waals surface area contributed by atoms with E-state index in [1.54, 1.807) is 12.3 Å². The SMILES string of the molecule is Cc1csc(NC(=O)c2cc(NN)ccc2[N+](=O)[O-])n1. The Morgan fingerprint density at radius 2 is 2.25 bits per heavy atom. The first-order valence-corrected chi connectivity index (χ1v) is 6.37. The molecule has 4 N–H and O–H groups in total. The molecule has 0 atom stereocenters. The molecule has 0 aliphatic rings. The van der Waals surface area contributed by atoms with Gasteiger partial charge in [-0.05, 0) is 19.1 Å². The first kappa shape index (κ1) is 13.9. The number of hydrogen-bond acceptors (Lipinski definition) is 7. The third kappa shape index (κ3) is 2.90. The molecule has 104 valence electrons. The summed E-state index contributed by atoms with van der Waals surface area (Å²) in [6.07, 6.45) is 0. The fraction of sp³-hybridized carbons (Fsp3) is 0.0909. The maximum absolute atomic E-state index is 12.1. The molecule has 1 aromatic carbocycles. The minimum atomic E-state index is -0.623. The Morgan fingerprint density at radius 3 is 2.80 bits per heavy atom. The van der Waals surface area contributed by atoms with Crippen LogP contribution in [0, 0.1) is 17.0 Å². The molecule has 8 nitrogen and oxygen atoms in total. The number of carbonyl (C=O) groups is 1. The topological polar surface area (TPSA) is 123 Å². The molecule has 1 heterocycles. The number of rotatable bonds is 4. The fourth-order valence-corrected chi connectivity index (χ4v) is 2.23. The molecule has 9 heteroatoms. The van der Waals surface area contributed by atoms with Gasteiger partial charge in [0, 0.05) is 17.1 Å². The van der Waals surface area contributed by atoms with E-state index in [4.69, 9.17) is 5.84 Å². The summed E-state index contributed by atoms with van der Waals surface area (Å²) in [4.78, 5) is 26.5. The van der Waals surface area contributed by atoms with Gasteiger partial charge < -0.3 is 5.43 Å². The van der Waals surface area contributed by atoms with Crippen LogP contribution in [0.2, 0.25) is 0 Å². The highest BCUT2D eigenvalue weighted by Crippen LogP contribution is 2.24. The van der Waals surface area contributed by atoms with Crippen molar-refractivity contribution >= 4 is 33.8 Å². The molecule has 1 aromatic heterocycles. The van der Waals surface area contributed by atoms with Crippen molar-refractivity contribution in [3.8, 4) is 0 Å². The lowest BCUT2D eigenvalue weighted by atomic mass is 10.1. The van der Waals surface area contributed by atoms with Crippen LogP contribution in [0.5, 0.6) is 0 Å². The first-order chi connectivity index (χ1) is 9.51. The van der Waals surface area contributed by atoms with E-state index in [-0.39, 0.29) is 11.3 Å². The van der Waals surface area contributed by atoms with E-state index in [1.807, 2.05) is 0 Å². The standard InChI is InChI=1S/C11H11N5O3S/c1-6-5-20-11(13-6)14-10(17)8-4-7(15-12)2-3-9(8)16(18)19/h2-5,15H,12H2,1H3,(H,13,14,17). The number of amides is 1. The van der Waals surface area contributed by atoms with Crippen molar-refractivity contribution < 1.29 is 9.72 Å². The van der Waals surface area contributed by atoms with Crippen LogP contribution in [0.3, 0.4) is 0 Å². The van der Waals surface area contributed by atoms with Gasteiger partial charge in [-0.25, -0.2) is 4.98 Å². The van der Waals surface area contributed by atoms with E-state index in [0.717, 1.165) is 5.69 Å². The number of nitro benzene ring substituents is 1. The zero-order valence-electron chi connectivity index (χ0n) is 10.4. The lowest BCUT2D eigenvalue weighted by Gasteiger charge is -2.05. The highest BCUT2D eigenvalue weighted by Gasteiger charge is 2.21. The molecule has 0 radical (unpaired) electrons. The van der Waals surface area contributed by atoms with E-state index in [1.165, 1.54) is 29.5 Å². The quantitative estimate of drug-likeness (QED) is 0.449. The molecule has 0 saturated carbocycles. The molecule has 0 aliphatic carbocycles. The molecule has 0 fully saturated rings. The largest absolute Gasteiger partial charge is 0.324 e. The minimum Gasteiger partial charge on any atom is -0.324 e. The molecule has 1 amide bonds. The average molecular weight is 293 g/mol. The summed E-state index contributed by atoms with van der Waals surface area (Å²) in [6, 6.07) is 3.95. The first-order valence-electron chi connectivity index (χ1n) is 5.50. The van der Waals surface area contributed by atoms with Gasteiger partial charge in [-0.3, -0.25) is 26.1 Å². The Hall–Kier alpha value is -2.52. The highest BCUT2D eigenvalue weighted by atomic mass is 32.1. The summed E-state index contributed by atoms with van der Waals surface area (Å²) < 4.78 is 0. The highest BCUT2D eigenvalue weighted by molar-refractivity contribution is 7.13. The Bertz CT molecular complexity index is 670. The molecule has 20 heavy (non-hydrogen) atoms. The molecule has 2 rings (SSSR count). The number of nitro groups is 1. The van der Waals surface area contributed by atoms with E-state index in [2.05, 4.69) is 15.7 Å². The summed E-state index contributed by atoms with van der Waals surface area (Å²) in [7, 11) is 0. The number of benzene rings is 1. The maximum Gasteiger partial charge on any atom is 0.282 e. The molecule has 0 aliphatic heterocycles. The number of hydrazine groups is 1. The number of carbonyl (C=O) groups excluding carboxylic acids is 1. The van der Waals surface area contributed by atoms with Gasteiger partial charge in [-0.1, -0.05) is 0 Å². The van der Waals surface area contributed by atoms with Crippen molar-refractivity contribution in [1.29, 1.82) is 0 Å². The predicted octanol–water partition coefficient (Wildman–Crippen LogP) is 1.90. The van der Waals surface area contributed by atoms with Gasteiger partial charge in [0.2, 0.25) is 0 Å². The van der Waals surface area contributed by atoms with Crippen molar-refractivity contribution in [1.82, 2.24) is 4.98 Å². The van der Waals surface area contributed by atoms with Crippen LogP contribution >= 0.6 is 11.3 Å². The zero-order valence-corrected chi connectivity index (χ0v) is 11.2. The second-order valence-corrected chi connectivity index (χ2v) is 4.74. The van der Waals surface area contributed by atoms with Gasteiger partial charge in [-0.15, -0.1) is 11.3 Å². The number of thiazole rings is 1. The number of nitrogens with two attached hydrogens (primary N) is 1. The van der Waals surface area contributed by atoms with Crippen molar-refractivity contribution in [3.63, 3.8) is 0 Å². The number of aromatic nitrogens is 1. The second-order valence-electron chi connectivity index (χ2n) is 3.88. The monoisotopic (exact) mass is 293 g/mol. The van der Waals surface area contributed by atoms with Crippen LogP contribution in [-0.4, -0.2) is 15.8 Å². The summed E-state index contributed by atoms with van der Waals surface area (Å²) in [6.45, 7) is 1.79. The van der Waals surface area contributed by atoms with Crippen molar-refractivity contribution in [3.05, 3.63) is 45.0 Å². The lowest BCUT2D eigenvalue weighted by Crippen LogP contribution is -2.15. The fourth-order valence-electron chi connectivity index (χ4n) is 1.54. The van der Waals surface area contributed by atoms with Crippen molar-refractivity contribution in [2.75, 3.05) is 10.7 Å². The summed E-state index contributed by atoms with van der Waals surface area (Å²) in [5.41, 5.74) is 3.12. The third-order valence-corrected chi connectivity index (χ3v) is 3.32. The Labute approximate surface area is 117 Å². The van der Waals surface area contributed by atoms with Crippen molar-refractivity contribution in [2.45, 2.75) is 6.92 Å². The van der Waals surface area contributed by atoms with Gasteiger partial charge in [0.1, 0.15) is 5.56 Å². The molecule has 0 spiro atoms. The number of anilines is 2. The number of nitrogen functional groups attached to an aromatic ring is 1. The van der Waals surface area contributed by atoms with E-state index in [9.17, 15) is 14.9 Å². The van der Waals surface area contributed by atoms with E-state index < -0.39 is 10.8 Å².